The molecule has 0 aromatic heterocycles. The molecule has 0 bridgehead atoms. The van der Waals surface area contributed by atoms with Crippen LogP contribution in [-0.2, 0) is 9.53 Å². The summed E-state index contributed by atoms with van der Waals surface area (Å²) in [6.45, 7) is 3.44. The van der Waals surface area contributed by atoms with Crippen molar-refractivity contribution in [1.29, 1.82) is 0 Å². The zero-order valence-corrected chi connectivity index (χ0v) is 12.6. The predicted octanol–water partition coefficient (Wildman–Crippen LogP) is 3.23. The predicted molar refractivity (Wildman–Crippen MR) is 77.0 cm³/mol. The van der Waals surface area contributed by atoms with Crippen LogP contribution in [0.15, 0.2) is 0 Å². The summed E-state index contributed by atoms with van der Waals surface area (Å²) in [5, 5.41) is 0. The molecule has 110 valence electrons. The molecule has 2 aliphatic rings. The summed E-state index contributed by atoms with van der Waals surface area (Å²) in [7, 11) is 1.92. The standard InChI is InChI=1S/C16H29NO2/c1-13-7-3-6-10-15(13)19-12-16(18)17(2)11-14-8-4-5-9-14/h13-15H,3-12H2,1-2H3/t13-,15-/m1/s1. The van der Waals surface area contributed by atoms with E-state index in [0.29, 0.717) is 12.0 Å². The van der Waals surface area contributed by atoms with Crippen LogP contribution in [0.25, 0.3) is 0 Å². The van der Waals surface area contributed by atoms with E-state index in [2.05, 4.69) is 6.92 Å². The van der Waals surface area contributed by atoms with E-state index in [4.69, 9.17) is 4.74 Å². The molecule has 0 radical (unpaired) electrons. The number of carbonyl (C=O) groups excluding carboxylic acids is 1. The van der Waals surface area contributed by atoms with Crippen LogP contribution in [-0.4, -0.2) is 37.1 Å². The second kappa shape index (κ2) is 7.28. The minimum absolute atomic E-state index is 0.157. The van der Waals surface area contributed by atoms with E-state index in [-0.39, 0.29) is 12.5 Å². The van der Waals surface area contributed by atoms with E-state index in [0.717, 1.165) is 18.9 Å². The summed E-state index contributed by atoms with van der Waals surface area (Å²) in [5.74, 6) is 1.49. The minimum atomic E-state index is 0.157. The second-order valence-electron chi connectivity index (χ2n) is 6.54. The maximum atomic E-state index is 12.1. The van der Waals surface area contributed by atoms with Crippen molar-refractivity contribution in [2.45, 2.75) is 64.4 Å². The maximum absolute atomic E-state index is 12.1. The van der Waals surface area contributed by atoms with Gasteiger partial charge >= 0.3 is 0 Å². The van der Waals surface area contributed by atoms with E-state index in [1.807, 2.05) is 11.9 Å². The first-order chi connectivity index (χ1) is 9.16. The van der Waals surface area contributed by atoms with Gasteiger partial charge in [-0.25, -0.2) is 0 Å². The average Bonchev–Trinajstić information content (AvgIpc) is 2.90. The number of nitrogens with zero attached hydrogens (tertiary/aromatic N) is 1. The molecule has 2 fully saturated rings. The molecule has 0 aromatic carbocycles. The molecule has 0 N–H and O–H groups in total. The Morgan fingerprint density at radius 2 is 1.74 bits per heavy atom. The van der Waals surface area contributed by atoms with Gasteiger partial charge in [-0.1, -0.05) is 32.6 Å². The molecule has 3 heteroatoms. The van der Waals surface area contributed by atoms with Crippen LogP contribution in [0, 0.1) is 11.8 Å². The lowest BCUT2D eigenvalue weighted by molar-refractivity contribution is -0.139. The van der Waals surface area contributed by atoms with Gasteiger partial charge in [-0.15, -0.1) is 0 Å². The molecule has 0 spiro atoms. The van der Waals surface area contributed by atoms with Crippen molar-refractivity contribution >= 4 is 5.91 Å². The highest BCUT2D eigenvalue weighted by Crippen LogP contribution is 2.27. The highest BCUT2D eigenvalue weighted by molar-refractivity contribution is 5.77. The first-order valence-electron chi connectivity index (χ1n) is 8.02. The number of hydrogen-bond donors (Lipinski definition) is 0. The van der Waals surface area contributed by atoms with Gasteiger partial charge in [0, 0.05) is 13.6 Å². The molecule has 0 aromatic rings. The largest absolute Gasteiger partial charge is 0.368 e. The Bertz CT molecular complexity index is 286. The molecule has 2 saturated carbocycles. The topological polar surface area (TPSA) is 29.5 Å². The third-order valence-electron chi connectivity index (χ3n) is 4.89. The molecule has 0 aliphatic heterocycles. The number of rotatable bonds is 5. The molecule has 19 heavy (non-hydrogen) atoms. The zero-order chi connectivity index (χ0) is 13.7. The third kappa shape index (κ3) is 4.48. The van der Waals surface area contributed by atoms with Crippen LogP contribution in [0.3, 0.4) is 0 Å². The van der Waals surface area contributed by atoms with Gasteiger partial charge in [-0.3, -0.25) is 4.79 Å². The summed E-state index contributed by atoms with van der Waals surface area (Å²) in [6.07, 6.45) is 10.5. The van der Waals surface area contributed by atoms with Crippen molar-refractivity contribution in [3.05, 3.63) is 0 Å². The smallest absolute Gasteiger partial charge is 0.248 e. The quantitative estimate of drug-likeness (QED) is 0.765. The van der Waals surface area contributed by atoms with E-state index >= 15 is 0 Å². The van der Waals surface area contributed by atoms with E-state index in [1.54, 1.807) is 0 Å². The Hall–Kier alpha value is -0.570. The van der Waals surface area contributed by atoms with Gasteiger partial charge in [0.1, 0.15) is 6.61 Å². The van der Waals surface area contributed by atoms with Crippen molar-refractivity contribution < 1.29 is 9.53 Å². The summed E-state index contributed by atoms with van der Waals surface area (Å²) in [6, 6.07) is 0. The zero-order valence-electron chi connectivity index (χ0n) is 12.6. The molecule has 1 amide bonds. The SMILES string of the molecule is C[C@@H]1CCCC[C@H]1OCC(=O)N(C)CC1CCCC1. The van der Waals surface area contributed by atoms with Gasteiger partial charge in [0.05, 0.1) is 6.10 Å². The lowest BCUT2D eigenvalue weighted by Crippen LogP contribution is -2.36. The fraction of sp³-hybridized carbons (Fsp3) is 0.938. The number of amides is 1. The monoisotopic (exact) mass is 267 g/mol. The van der Waals surface area contributed by atoms with E-state index in [9.17, 15) is 4.79 Å². The van der Waals surface area contributed by atoms with Crippen LogP contribution in [0.4, 0.5) is 0 Å². The Balaban J connectivity index is 1.67. The number of hydrogen-bond acceptors (Lipinski definition) is 2. The molecule has 0 saturated heterocycles. The molecule has 2 aliphatic carbocycles. The first-order valence-corrected chi connectivity index (χ1v) is 8.02. The van der Waals surface area contributed by atoms with Gasteiger partial charge in [0.15, 0.2) is 0 Å². The Labute approximate surface area is 117 Å². The van der Waals surface area contributed by atoms with E-state index < -0.39 is 0 Å². The van der Waals surface area contributed by atoms with Gasteiger partial charge in [-0.05, 0) is 37.5 Å². The lowest BCUT2D eigenvalue weighted by Gasteiger charge is -2.29. The lowest BCUT2D eigenvalue weighted by atomic mass is 9.88. The summed E-state index contributed by atoms with van der Waals surface area (Å²) >= 11 is 0. The Morgan fingerprint density at radius 3 is 2.42 bits per heavy atom. The van der Waals surface area contributed by atoms with Crippen LogP contribution in [0.5, 0.6) is 0 Å². The van der Waals surface area contributed by atoms with Gasteiger partial charge < -0.3 is 9.64 Å². The number of likely N-dealkylation sites (N-methyl/N-ethyl adjacent to an activating group) is 1. The summed E-state index contributed by atoms with van der Waals surface area (Å²) in [5.41, 5.74) is 0. The Morgan fingerprint density at radius 1 is 1.11 bits per heavy atom. The van der Waals surface area contributed by atoms with Crippen molar-refractivity contribution in [1.82, 2.24) is 4.90 Å². The fourth-order valence-electron chi connectivity index (χ4n) is 3.50. The van der Waals surface area contributed by atoms with Gasteiger partial charge in [0.2, 0.25) is 5.91 Å². The summed E-state index contributed by atoms with van der Waals surface area (Å²) < 4.78 is 5.85. The molecule has 2 atom stereocenters. The molecular formula is C16H29NO2. The fourth-order valence-corrected chi connectivity index (χ4v) is 3.50. The van der Waals surface area contributed by atoms with Crippen molar-refractivity contribution in [2.75, 3.05) is 20.2 Å². The van der Waals surface area contributed by atoms with Crippen LogP contribution in [0.1, 0.15) is 58.3 Å². The third-order valence-corrected chi connectivity index (χ3v) is 4.89. The summed E-state index contributed by atoms with van der Waals surface area (Å²) in [4.78, 5) is 14.0. The minimum Gasteiger partial charge on any atom is -0.368 e. The van der Waals surface area contributed by atoms with Gasteiger partial charge in [0.25, 0.3) is 0 Å². The highest BCUT2D eigenvalue weighted by Gasteiger charge is 2.24. The first kappa shape index (κ1) is 14.8. The maximum Gasteiger partial charge on any atom is 0.248 e. The molecule has 2 rings (SSSR count). The highest BCUT2D eigenvalue weighted by atomic mass is 16.5. The van der Waals surface area contributed by atoms with E-state index in [1.165, 1.54) is 44.9 Å². The second-order valence-corrected chi connectivity index (χ2v) is 6.54. The van der Waals surface area contributed by atoms with Gasteiger partial charge in [-0.2, -0.15) is 0 Å². The van der Waals surface area contributed by atoms with Crippen molar-refractivity contribution in [2.24, 2.45) is 11.8 Å². The Kier molecular flexibility index (Phi) is 5.68. The molecule has 0 unspecified atom stereocenters. The number of carbonyl (C=O) groups is 1. The normalized spacial score (nSPS) is 28.5. The van der Waals surface area contributed by atoms with Crippen LogP contribution in [0.2, 0.25) is 0 Å². The number of ether oxygens (including phenoxy) is 1. The van der Waals surface area contributed by atoms with Crippen molar-refractivity contribution in [3.8, 4) is 0 Å². The molecule has 3 nitrogen and oxygen atoms in total. The molecule has 0 heterocycles. The van der Waals surface area contributed by atoms with Crippen molar-refractivity contribution in [3.63, 3.8) is 0 Å². The van der Waals surface area contributed by atoms with Crippen LogP contribution >= 0.6 is 0 Å². The average molecular weight is 267 g/mol. The van der Waals surface area contributed by atoms with Crippen LogP contribution < -0.4 is 0 Å². The molecular weight excluding hydrogens is 238 g/mol.